The molecule has 0 aliphatic heterocycles. The summed E-state index contributed by atoms with van der Waals surface area (Å²) < 4.78 is 1.88. The summed E-state index contributed by atoms with van der Waals surface area (Å²) in [5.74, 6) is 1.53. The molecule has 1 saturated carbocycles. The number of fused-ring (bicyclic) bond motifs is 1. The van der Waals surface area contributed by atoms with Crippen molar-refractivity contribution in [3.8, 4) is 10.7 Å². The van der Waals surface area contributed by atoms with Crippen molar-refractivity contribution in [2.24, 2.45) is 5.73 Å². The summed E-state index contributed by atoms with van der Waals surface area (Å²) >= 11 is 3.10. The second-order valence-electron chi connectivity index (χ2n) is 4.62. The molecule has 0 unspecified atom stereocenters. The first kappa shape index (κ1) is 11.4. The lowest BCUT2D eigenvalue weighted by Crippen LogP contribution is -2.12. The van der Waals surface area contributed by atoms with E-state index in [1.807, 2.05) is 9.90 Å². The number of aromatic nitrogens is 5. The Labute approximate surface area is 117 Å². The van der Waals surface area contributed by atoms with Gasteiger partial charge in [0.1, 0.15) is 10.7 Å². The number of thiazole rings is 1. The molecule has 1 fully saturated rings. The molecule has 8 heteroatoms. The number of nitrogens with two attached hydrogens (primary N) is 1. The zero-order valence-electron chi connectivity index (χ0n) is 10.1. The summed E-state index contributed by atoms with van der Waals surface area (Å²) in [6.07, 6.45) is 3.67. The Morgan fingerprint density at radius 2 is 2.26 bits per heavy atom. The van der Waals surface area contributed by atoms with Gasteiger partial charge in [0.05, 0.1) is 0 Å². The average molecular weight is 292 g/mol. The zero-order chi connectivity index (χ0) is 12.8. The molecular weight excluding hydrogens is 280 g/mol. The molecule has 2 N–H and O–H groups in total. The van der Waals surface area contributed by atoms with E-state index in [9.17, 15) is 0 Å². The van der Waals surface area contributed by atoms with Crippen molar-refractivity contribution in [1.82, 2.24) is 24.8 Å². The maximum absolute atomic E-state index is 5.59. The Bertz CT molecular complexity index is 723. The van der Waals surface area contributed by atoms with Gasteiger partial charge in [0.2, 0.25) is 4.96 Å². The highest BCUT2D eigenvalue weighted by atomic mass is 32.1. The molecule has 0 amide bonds. The van der Waals surface area contributed by atoms with Crippen LogP contribution in [0.15, 0.2) is 5.38 Å². The zero-order valence-corrected chi connectivity index (χ0v) is 11.7. The Balaban J connectivity index is 1.76. The van der Waals surface area contributed by atoms with Crippen LogP contribution in [0, 0.1) is 0 Å². The van der Waals surface area contributed by atoms with Crippen LogP contribution >= 0.6 is 22.7 Å². The van der Waals surface area contributed by atoms with Gasteiger partial charge in [-0.3, -0.25) is 0 Å². The predicted octanol–water partition coefficient (Wildman–Crippen LogP) is 2.04. The van der Waals surface area contributed by atoms with Crippen LogP contribution in [0.25, 0.3) is 15.7 Å². The van der Waals surface area contributed by atoms with Gasteiger partial charge < -0.3 is 5.73 Å². The lowest BCUT2D eigenvalue weighted by Gasteiger charge is -2.22. The van der Waals surface area contributed by atoms with Crippen molar-refractivity contribution in [3.63, 3.8) is 0 Å². The van der Waals surface area contributed by atoms with Crippen molar-refractivity contribution >= 4 is 27.6 Å². The van der Waals surface area contributed by atoms with E-state index in [4.69, 9.17) is 5.73 Å². The van der Waals surface area contributed by atoms with E-state index in [0.29, 0.717) is 12.5 Å². The summed E-state index contributed by atoms with van der Waals surface area (Å²) in [6, 6.07) is 0. The molecule has 3 aromatic heterocycles. The second kappa shape index (κ2) is 4.32. The summed E-state index contributed by atoms with van der Waals surface area (Å²) in [7, 11) is 0. The molecule has 1 aliphatic rings. The molecule has 0 spiro atoms. The van der Waals surface area contributed by atoms with E-state index in [1.54, 1.807) is 11.3 Å². The fourth-order valence-corrected chi connectivity index (χ4v) is 3.70. The summed E-state index contributed by atoms with van der Waals surface area (Å²) in [6.45, 7) is 0.474. The molecule has 3 heterocycles. The van der Waals surface area contributed by atoms with Gasteiger partial charge in [0.25, 0.3) is 0 Å². The summed E-state index contributed by atoms with van der Waals surface area (Å²) in [5, 5.41) is 16.9. The van der Waals surface area contributed by atoms with Crippen molar-refractivity contribution < 1.29 is 0 Å². The van der Waals surface area contributed by atoms with Gasteiger partial charge in [-0.15, -0.1) is 21.5 Å². The van der Waals surface area contributed by atoms with Gasteiger partial charge in [0.15, 0.2) is 10.8 Å². The summed E-state index contributed by atoms with van der Waals surface area (Å²) in [5.41, 5.74) is 6.48. The number of nitrogens with zero attached hydrogens (tertiary/aromatic N) is 5. The van der Waals surface area contributed by atoms with E-state index in [1.165, 1.54) is 30.6 Å². The van der Waals surface area contributed by atoms with Crippen LogP contribution in [0.5, 0.6) is 0 Å². The van der Waals surface area contributed by atoms with Crippen molar-refractivity contribution in [1.29, 1.82) is 0 Å². The van der Waals surface area contributed by atoms with Crippen LogP contribution < -0.4 is 5.73 Å². The van der Waals surface area contributed by atoms with Crippen LogP contribution in [0.3, 0.4) is 0 Å². The van der Waals surface area contributed by atoms with E-state index >= 15 is 0 Å². The Kier molecular flexibility index (Phi) is 2.61. The highest BCUT2D eigenvalue weighted by molar-refractivity contribution is 7.20. The molecule has 19 heavy (non-hydrogen) atoms. The van der Waals surface area contributed by atoms with Crippen LogP contribution in [0.1, 0.15) is 36.0 Å². The number of hydrogen-bond donors (Lipinski definition) is 1. The second-order valence-corrected chi connectivity index (χ2v) is 6.52. The van der Waals surface area contributed by atoms with E-state index < -0.39 is 0 Å². The standard InChI is InChI=1S/C11H12N6S2/c12-4-8-13-7(5-18-8)10-16-17-9(6-2-1-3-6)14-15-11(17)19-10/h5-6H,1-4,12H2. The molecular formula is C11H12N6S2. The molecule has 1 aliphatic carbocycles. The molecule has 3 aromatic rings. The monoisotopic (exact) mass is 292 g/mol. The van der Waals surface area contributed by atoms with Crippen LogP contribution in [0.4, 0.5) is 0 Å². The Hall–Kier alpha value is -1.38. The number of hydrogen-bond acceptors (Lipinski definition) is 7. The molecule has 0 bridgehead atoms. The maximum atomic E-state index is 5.59. The van der Waals surface area contributed by atoms with E-state index in [0.717, 1.165) is 26.5 Å². The van der Waals surface area contributed by atoms with Crippen molar-refractivity contribution in [2.75, 3.05) is 0 Å². The SMILES string of the molecule is NCc1nc(-c2nn3c(C4CCC4)nnc3s2)cs1. The first-order valence-corrected chi connectivity index (χ1v) is 7.92. The minimum atomic E-state index is 0.474. The topological polar surface area (TPSA) is 82.0 Å². The van der Waals surface area contributed by atoms with Gasteiger partial charge >= 0.3 is 0 Å². The third kappa shape index (κ3) is 1.78. The molecule has 6 nitrogen and oxygen atoms in total. The van der Waals surface area contributed by atoms with Crippen molar-refractivity contribution in [2.45, 2.75) is 31.7 Å². The Morgan fingerprint density at radius 1 is 1.37 bits per heavy atom. The maximum Gasteiger partial charge on any atom is 0.235 e. The highest BCUT2D eigenvalue weighted by Gasteiger charge is 2.26. The fraction of sp³-hybridized carbons (Fsp3) is 0.455. The van der Waals surface area contributed by atoms with E-state index in [2.05, 4.69) is 20.3 Å². The minimum absolute atomic E-state index is 0.474. The minimum Gasteiger partial charge on any atom is -0.325 e. The van der Waals surface area contributed by atoms with Gasteiger partial charge in [-0.1, -0.05) is 17.8 Å². The lowest BCUT2D eigenvalue weighted by molar-refractivity contribution is 0.395. The smallest absolute Gasteiger partial charge is 0.235 e. The first-order chi connectivity index (χ1) is 9.35. The molecule has 0 atom stereocenters. The largest absolute Gasteiger partial charge is 0.325 e. The molecule has 0 saturated heterocycles. The van der Waals surface area contributed by atoms with Crippen LogP contribution in [-0.4, -0.2) is 24.8 Å². The Morgan fingerprint density at radius 3 is 2.95 bits per heavy atom. The van der Waals surface area contributed by atoms with Gasteiger partial charge in [0, 0.05) is 17.8 Å². The van der Waals surface area contributed by atoms with E-state index in [-0.39, 0.29) is 0 Å². The van der Waals surface area contributed by atoms with Gasteiger partial charge in [-0.05, 0) is 12.8 Å². The fourth-order valence-electron chi connectivity index (χ4n) is 2.16. The molecule has 98 valence electrons. The van der Waals surface area contributed by atoms with Gasteiger partial charge in [-0.25, -0.2) is 4.98 Å². The highest BCUT2D eigenvalue weighted by Crippen LogP contribution is 2.36. The number of rotatable bonds is 3. The lowest BCUT2D eigenvalue weighted by atomic mass is 9.85. The third-order valence-electron chi connectivity index (χ3n) is 3.43. The van der Waals surface area contributed by atoms with Gasteiger partial charge in [-0.2, -0.15) is 9.61 Å². The molecule has 0 aromatic carbocycles. The predicted molar refractivity (Wildman–Crippen MR) is 74.3 cm³/mol. The molecule has 0 radical (unpaired) electrons. The average Bonchev–Trinajstić information content (AvgIpc) is 3.01. The van der Waals surface area contributed by atoms with Crippen molar-refractivity contribution in [3.05, 3.63) is 16.2 Å². The van der Waals surface area contributed by atoms with Crippen LogP contribution in [0.2, 0.25) is 0 Å². The summed E-state index contributed by atoms with van der Waals surface area (Å²) in [4.78, 5) is 5.31. The molecule has 4 rings (SSSR count). The first-order valence-electron chi connectivity index (χ1n) is 6.22. The normalized spacial score (nSPS) is 16.1. The van der Waals surface area contributed by atoms with Crippen LogP contribution in [-0.2, 0) is 6.54 Å². The quantitative estimate of drug-likeness (QED) is 0.798. The third-order valence-corrected chi connectivity index (χ3v) is 5.22.